The molecule has 18 heavy (non-hydrogen) atoms. The summed E-state index contributed by atoms with van der Waals surface area (Å²) in [5, 5.41) is 12.1. The summed E-state index contributed by atoms with van der Waals surface area (Å²) >= 11 is 0. The topological polar surface area (TPSA) is 61.1 Å². The van der Waals surface area contributed by atoms with Crippen LogP contribution in [0.2, 0.25) is 0 Å². The number of nitrogens with zero attached hydrogens (tertiary/aromatic N) is 3. The van der Waals surface area contributed by atoms with Crippen LogP contribution in [-0.2, 0) is 18.4 Å². The van der Waals surface area contributed by atoms with Crippen LogP contribution in [-0.4, -0.2) is 36.0 Å². The lowest BCUT2D eigenvalue weighted by Crippen LogP contribution is -2.26. The second-order valence-electron chi connectivity index (χ2n) is 4.53. The molecule has 0 aromatic carbocycles. The summed E-state index contributed by atoms with van der Waals surface area (Å²) < 4.78 is 1.88. The van der Waals surface area contributed by atoms with Crippen molar-refractivity contribution in [1.82, 2.24) is 14.8 Å². The maximum atomic E-state index is 11.4. The molecule has 0 spiro atoms. The molecule has 5 nitrogen and oxygen atoms in total. The molecule has 1 aromatic heterocycles. The number of hydrogen-bond donors (Lipinski definition) is 1. The molecule has 0 saturated heterocycles. The van der Waals surface area contributed by atoms with E-state index in [1.807, 2.05) is 24.6 Å². The van der Waals surface area contributed by atoms with Crippen LogP contribution in [0.15, 0.2) is 6.07 Å². The van der Waals surface area contributed by atoms with Crippen LogP contribution in [0.25, 0.3) is 0 Å². The molecule has 1 N–H and O–H groups in total. The van der Waals surface area contributed by atoms with Gasteiger partial charge in [0.1, 0.15) is 11.8 Å². The molecule has 5 heteroatoms. The van der Waals surface area contributed by atoms with Gasteiger partial charge in [-0.3, -0.25) is 4.79 Å². The summed E-state index contributed by atoms with van der Waals surface area (Å²) in [4.78, 5) is 13.0. The lowest BCUT2D eigenvalue weighted by atomic mass is 10.2. The summed E-state index contributed by atoms with van der Waals surface area (Å²) in [7, 11) is 5.39. The molecule has 1 amide bonds. The SMILES string of the molecule is Cc1c(CNCCC(=O)N(C)C)cc(C#N)n1C. The summed E-state index contributed by atoms with van der Waals surface area (Å²) in [6.07, 6.45) is 0.490. The van der Waals surface area contributed by atoms with Crippen molar-refractivity contribution in [1.29, 1.82) is 5.26 Å². The third kappa shape index (κ3) is 3.34. The maximum Gasteiger partial charge on any atom is 0.223 e. The highest BCUT2D eigenvalue weighted by Gasteiger charge is 2.08. The van der Waals surface area contributed by atoms with Crippen LogP contribution in [0.3, 0.4) is 0 Å². The van der Waals surface area contributed by atoms with Crippen molar-refractivity contribution in [2.75, 3.05) is 20.6 Å². The Labute approximate surface area is 108 Å². The van der Waals surface area contributed by atoms with Gasteiger partial charge < -0.3 is 14.8 Å². The zero-order valence-corrected chi connectivity index (χ0v) is 11.4. The van der Waals surface area contributed by atoms with Gasteiger partial charge in [0, 0.05) is 46.3 Å². The van der Waals surface area contributed by atoms with Crippen LogP contribution < -0.4 is 5.32 Å². The van der Waals surface area contributed by atoms with Gasteiger partial charge in [0.25, 0.3) is 0 Å². The van der Waals surface area contributed by atoms with Crippen LogP contribution >= 0.6 is 0 Å². The average molecular weight is 248 g/mol. The maximum absolute atomic E-state index is 11.4. The largest absolute Gasteiger partial charge is 0.349 e. The van der Waals surface area contributed by atoms with E-state index in [1.165, 1.54) is 0 Å². The zero-order valence-electron chi connectivity index (χ0n) is 11.4. The van der Waals surface area contributed by atoms with Crippen molar-refractivity contribution in [3.63, 3.8) is 0 Å². The fourth-order valence-corrected chi connectivity index (χ4v) is 1.69. The minimum Gasteiger partial charge on any atom is -0.349 e. The number of amides is 1. The molecule has 0 saturated carbocycles. The Balaban J connectivity index is 2.46. The second kappa shape index (κ2) is 6.22. The molecule has 0 aliphatic rings. The molecular formula is C13H20N4O. The fourth-order valence-electron chi connectivity index (χ4n) is 1.69. The highest BCUT2D eigenvalue weighted by Crippen LogP contribution is 2.12. The Kier molecular flexibility index (Phi) is 4.93. The summed E-state index contributed by atoms with van der Waals surface area (Å²) in [5.74, 6) is 0.116. The van der Waals surface area contributed by atoms with E-state index in [2.05, 4.69) is 11.4 Å². The second-order valence-corrected chi connectivity index (χ2v) is 4.53. The molecule has 1 rings (SSSR count). The summed E-state index contributed by atoms with van der Waals surface area (Å²) in [6.45, 7) is 3.32. The first-order valence-corrected chi connectivity index (χ1v) is 5.93. The van der Waals surface area contributed by atoms with Crippen molar-refractivity contribution in [3.8, 4) is 6.07 Å². The number of carbonyl (C=O) groups is 1. The minimum atomic E-state index is 0.116. The summed E-state index contributed by atoms with van der Waals surface area (Å²) in [5.41, 5.74) is 2.85. The molecule has 0 aliphatic carbocycles. The molecule has 0 aliphatic heterocycles. The number of hydrogen-bond acceptors (Lipinski definition) is 3. The van der Waals surface area contributed by atoms with Gasteiger partial charge in [0.05, 0.1) is 0 Å². The van der Waals surface area contributed by atoms with Crippen molar-refractivity contribution in [2.45, 2.75) is 19.9 Å². The Bertz CT molecular complexity index is 468. The fraction of sp³-hybridized carbons (Fsp3) is 0.538. The van der Waals surface area contributed by atoms with Gasteiger partial charge in [-0.2, -0.15) is 5.26 Å². The van der Waals surface area contributed by atoms with E-state index in [1.54, 1.807) is 19.0 Å². The number of aromatic nitrogens is 1. The molecule has 98 valence electrons. The van der Waals surface area contributed by atoms with Crippen LogP contribution in [0.5, 0.6) is 0 Å². The van der Waals surface area contributed by atoms with Crippen molar-refractivity contribution in [3.05, 3.63) is 23.0 Å². The van der Waals surface area contributed by atoms with Crippen LogP contribution in [0.1, 0.15) is 23.4 Å². The van der Waals surface area contributed by atoms with Crippen molar-refractivity contribution >= 4 is 5.91 Å². The smallest absolute Gasteiger partial charge is 0.223 e. The predicted octanol–water partition coefficient (Wildman–Crippen LogP) is 0.773. The lowest BCUT2D eigenvalue weighted by molar-refractivity contribution is -0.128. The standard InChI is InChI=1S/C13H20N4O/c1-10-11(7-12(8-14)17(10)4)9-15-6-5-13(18)16(2)3/h7,15H,5-6,9H2,1-4H3. The molecule has 1 aromatic rings. The van der Waals surface area contributed by atoms with Gasteiger partial charge in [-0.1, -0.05) is 0 Å². The van der Waals surface area contributed by atoms with Crippen molar-refractivity contribution in [2.24, 2.45) is 7.05 Å². The first-order chi connectivity index (χ1) is 8.47. The van der Waals surface area contributed by atoms with Crippen molar-refractivity contribution < 1.29 is 4.79 Å². The Morgan fingerprint density at radius 3 is 2.72 bits per heavy atom. The lowest BCUT2D eigenvalue weighted by Gasteiger charge is -2.10. The molecular weight excluding hydrogens is 228 g/mol. The molecule has 0 atom stereocenters. The highest BCUT2D eigenvalue weighted by molar-refractivity contribution is 5.75. The third-order valence-electron chi connectivity index (χ3n) is 3.08. The van der Waals surface area contributed by atoms with E-state index in [0.717, 1.165) is 11.3 Å². The molecule has 0 radical (unpaired) electrons. The van der Waals surface area contributed by atoms with E-state index >= 15 is 0 Å². The first-order valence-electron chi connectivity index (χ1n) is 5.93. The van der Waals surface area contributed by atoms with Gasteiger partial charge in [0.15, 0.2) is 0 Å². The monoisotopic (exact) mass is 248 g/mol. The number of nitriles is 1. The zero-order chi connectivity index (χ0) is 13.7. The number of rotatable bonds is 5. The van der Waals surface area contributed by atoms with Gasteiger partial charge in [-0.15, -0.1) is 0 Å². The van der Waals surface area contributed by atoms with E-state index in [4.69, 9.17) is 5.26 Å². The Hall–Kier alpha value is -1.80. The van der Waals surface area contributed by atoms with Gasteiger partial charge in [-0.05, 0) is 18.6 Å². The summed E-state index contributed by atoms with van der Waals surface area (Å²) in [6, 6.07) is 4.04. The quantitative estimate of drug-likeness (QED) is 0.783. The van der Waals surface area contributed by atoms with E-state index in [9.17, 15) is 4.79 Å². The predicted molar refractivity (Wildman–Crippen MR) is 69.9 cm³/mol. The van der Waals surface area contributed by atoms with E-state index < -0.39 is 0 Å². The minimum absolute atomic E-state index is 0.116. The molecule has 0 bridgehead atoms. The van der Waals surface area contributed by atoms with Crippen LogP contribution in [0.4, 0.5) is 0 Å². The first kappa shape index (κ1) is 14.3. The number of carbonyl (C=O) groups excluding carboxylic acids is 1. The Morgan fingerprint density at radius 1 is 1.56 bits per heavy atom. The molecule has 0 unspecified atom stereocenters. The Morgan fingerprint density at radius 2 is 2.22 bits per heavy atom. The van der Waals surface area contributed by atoms with Crippen LogP contribution in [0, 0.1) is 18.3 Å². The normalized spacial score (nSPS) is 10.2. The molecule has 0 fully saturated rings. The molecule has 1 heterocycles. The van der Waals surface area contributed by atoms with Gasteiger partial charge >= 0.3 is 0 Å². The van der Waals surface area contributed by atoms with Gasteiger partial charge in [-0.25, -0.2) is 0 Å². The van der Waals surface area contributed by atoms with E-state index in [0.29, 0.717) is 25.2 Å². The van der Waals surface area contributed by atoms with E-state index in [-0.39, 0.29) is 5.91 Å². The third-order valence-corrected chi connectivity index (χ3v) is 3.08. The van der Waals surface area contributed by atoms with Gasteiger partial charge in [0.2, 0.25) is 5.91 Å². The highest BCUT2D eigenvalue weighted by atomic mass is 16.2. The number of nitrogens with one attached hydrogen (secondary N) is 1. The average Bonchev–Trinajstić information content (AvgIpc) is 2.61.